The molecule has 1 fully saturated rings. The Bertz CT molecular complexity index is 687. The van der Waals surface area contributed by atoms with Crippen LogP contribution in [0.3, 0.4) is 0 Å². The van der Waals surface area contributed by atoms with Crippen LogP contribution in [0, 0.1) is 0 Å². The van der Waals surface area contributed by atoms with Gasteiger partial charge in [0.25, 0.3) is 0 Å². The minimum Gasteiger partial charge on any atom is -0.497 e. The zero-order chi connectivity index (χ0) is 17.7. The summed E-state index contributed by atoms with van der Waals surface area (Å²) in [6.07, 6.45) is 2.42. The maximum Gasteiger partial charge on any atom is 0.241 e. The van der Waals surface area contributed by atoms with E-state index in [-0.39, 0.29) is 10.8 Å². The molecule has 7 nitrogen and oxygen atoms in total. The number of nitrogens with one attached hydrogen (secondary N) is 1. The molecule has 0 saturated carbocycles. The van der Waals surface area contributed by atoms with Crippen LogP contribution in [-0.2, 0) is 19.6 Å². The largest absolute Gasteiger partial charge is 0.497 e. The SMILES string of the molecule is CCC(NS(=O)(=O)c1ccc(OC)cc1)C(=O)N1CCCC1C=O. The molecule has 1 aromatic rings. The molecule has 1 aliphatic rings. The van der Waals surface area contributed by atoms with Gasteiger partial charge in [-0.1, -0.05) is 6.92 Å². The Kier molecular flexibility index (Phi) is 5.95. The van der Waals surface area contributed by atoms with Crippen molar-refractivity contribution in [1.29, 1.82) is 0 Å². The molecule has 1 N–H and O–H groups in total. The van der Waals surface area contributed by atoms with Crippen LogP contribution in [-0.4, -0.2) is 51.2 Å². The second-order valence-corrected chi connectivity index (χ2v) is 7.35. The number of hydrogen-bond donors (Lipinski definition) is 1. The Morgan fingerprint density at radius 1 is 1.42 bits per heavy atom. The van der Waals surface area contributed by atoms with Crippen LogP contribution >= 0.6 is 0 Å². The highest BCUT2D eigenvalue weighted by atomic mass is 32.2. The molecule has 0 spiro atoms. The maximum atomic E-state index is 12.6. The quantitative estimate of drug-likeness (QED) is 0.736. The lowest BCUT2D eigenvalue weighted by atomic mass is 10.2. The maximum absolute atomic E-state index is 12.6. The highest BCUT2D eigenvalue weighted by Gasteiger charge is 2.34. The molecule has 0 aliphatic carbocycles. The third kappa shape index (κ3) is 3.93. The lowest BCUT2D eigenvalue weighted by molar-refractivity contribution is -0.136. The van der Waals surface area contributed by atoms with Gasteiger partial charge in [-0.25, -0.2) is 8.42 Å². The molecule has 1 amide bonds. The number of sulfonamides is 1. The van der Waals surface area contributed by atoms with E-state index in [0.29, 0.717) is 25.1 Å². The van der Waals surface area contributed by atoms with Crippen molar-refractivity contribution in [2.75, 3.05) is 13.7 Å². The fraction of sp³-hybridized carbons (Fsp3) is 0.500. The van der Waals surface area contributed by atoms with Gasteiger partial charge >= 0.3 is 0 Å². The number of methoxy groups -OCH3 is 1. The zero-order valence-electron chi connectivity index (χ0n) is 13.8. The van der Waals surface area contributed by atoms with Gasteiger partial charge in [0.1, 0.15) is 18.1 Å². The molecule has 2 atom stereocenters. The highest BCUT2D eigenvalue weighted by molar-refractivity contribution is 7.89. The molecule has 2 rings (SSSR count). The van der Waals surface area contributed by atoms with E-state index in [1.165, 1.54) is 24.1 Å². The minimum atomic E-state index is -3.84. The van der Waals surface area contributed by atoms with E-state index in [1.54, 1.807) is 19.1 Å². The molecule has 1 heterocycles. The molecule has 2 unspecified atom stereocenters. The number of ether oxygens (including phenoxy) is 1. The summed E-state index contributed by atoms with van der Waals surface area (Å²) in [6.45, 7) is 2.20. The van der Waals surface area contributed by atoms with Crippen LogP contribution in [0.2, 0.25) is 0 Å². The van der Waals surface area contributed by atoms with Crippen LogP contribution in [0.4, 0.5) is 0 Å². The number of benzene rings is 1. The molecular weight excluding hydrogens is 332 g/mol. The molecular formula is C16H22N2O5S. The summed E-state index contributed by atoms with van der Waals surface area (Å²) in [5.74, 6) is 0.187. The Morgan fingerprint density at radius 3 is 2.62 bits per heavy atom. The topological polar surface area (TPSA) is 92.8 Å². The van der Waals surface area contributed by atoms with Crippen LogP contribution in [0.25, 0.3) is 0 Å². The fourth-order valence-corrected chi connectivity index (χ4v) is 4.00. The number of hydrogen-bond acceptors (Lipinski definition) is 5. The Hall–Kier alpha value is -1.93. The normalized spacial score (nSPS) is 19.1. The highest BCUT2D eigenvalue weighted by Crippen LogP contribution is 2.19. The second kappa shape index (κ2) is 7.76. The fourth-order valence-electron chi connectivity index (χ4n) is 2.73. The molecule has 0 aromatic heterocycles. The van der Waals surface area contributed by atoms with E-state index < -0.39 is 22.1 Å². The van der Waals surface area contributed by atoms with Gasteiger partial charge in [-0.3, -0.25) is 4.79 Å². The van der Waals surface area contributed by atoms with Crippen LogP contribution in [0.1, 0.15) is 26.2 Å². The molecule has 24 heavy (non-hydrogen) atoms. The van der Waals surface area contributed by atoms with Gasteiger partial charge in [0, 0.05) is 6.54 Å². The van der Waals surface area contributed by atoms with E-state index in [1.807, 2.05) is 0 Å². The Morgan fingerprint density at radius 2 is 2.08 bits per heavy atom. The molecule has 1 aliphatic heterocycles. The van der Waals surface area contributed by atoms with E-state index in [4.69, 9.17) is 4.74 Å². The van der Waals surface area contributed by atoms with Gasteiger partial charge in [-0.2, -0.15) is 4.72 Å². The first-order valence-electron chi connectivity index (χ1n) is 7.85. The van der Waals surface area contributed by atoms with Gasteiger partial charge in [0.2, 0.25) is 15.9 Å². The Labute approximate surface area is 142 Å². The summed E-state index contributed by atoms with van der Waals surface area (Å²) in [4.78, 5) is 25.1. The van der Waals surface area contributed by atoms with E-state index in [9.17, 15) is 18.0 Å². The molecule has 0 radical (unpaired) electrons. The van der Waals surface area contributed by atoms with Crippen molar-refractivity contribution in [3.63, 3.8) is 0 Å². The third-order valence-electron chi connectivity index (χ3n) is 4.11. The summed E-state index contributed by atoms with van der Waals surface area (Å²) in [5.41, 5.74) is 0. The Balaban J connectivity index is 2.15. The summed E-state index contributed by atoms with van der Waals surface area (Å²) < 4.78 is 32.4. The summed E-state index contributed by atoms with van der Waals surface area (Å²) in [7, 11) is -2.34. The van der Waals surface area contributed by atoms with Gasteiger partial charge < -0.3 is 14.4 Å². The standard InChI is InChI=1S/C16H22N2O5S/c1-3-15(16(20)18-10-4-5-12(18)11-19)17-24(21,22)14-8-6-13(23-2)7-9-14/h6-9,11-12,15,17H,3-5,10H2,1-2H3. The first-order valence-corrected chi connectivity index (χ1v) is 9.33. The molecule has 0 bridgehead atoms. The van der Waals surface area contributed by atoms with Crippen molar-refractivity contribution < 1.29 is 22.7 Å². The van der Waals surface area contributed by atoms with Crippen molar-refractivity contribution >= 4 is 22.2 Å². The number of amides is 1. The number of carbonyl (C=O) groups is 2. The van der Waals surface area contributed by atoms with Crippen LogP contribution in [0.15, 0.2) is 29.2 Å². The van der Waals surface area contributed by atoms with Crippen molar-refractivity contribution in [3.05, 3.63) is 24.3 Å². The number of aldehydes is 1. The first-order chi connectivity index (χ1) is 11.4. The molecule has 132 valence electrons. The lowest BCUT2D eigenvalue weighted by Gasteiger charge is -2.26. The van der Waals surface area contributed by atoms with Crippen molar-refractivity contribution in [1.82, 2.24) is 9.62 Å². The van der Waals surface area contributed by atoms with E-state index in [0.717, 1.165) is 12.7 Å². The number of carbonyl (C=O) groups excluding carboxylic acids is 2. The molecule has 1 aromatic carbocycles. The summed E-state index contributed by atoms with van der Waals surface area (Å²) in [6, 6.07) is 4.57. The van der Waals surface area contributed by atoms with Crippen LogP contribution < -0.4 is 9.46 Å². The summed E-state index contributed by atoms with van der Waals surface area (Å²) in [5, 5.41) is 0. The average Bonchev–Trinajstić information content (AvgIpc) is 3.07. The van der Waals surface area contributed by atoms with Gasteiger partial charge in [-0.15, -0.1) is 0 Å². The third-order valence-corrected chi connectivity index (χ3v) is 5.60. The number of nitrogens with zero attached hydrogens (tertiary/aromatic N) is 1. The smallest absolute Gasteiger partial charge is 0.241 e. The van der Waals surface area contributed by atoms with Crippen molar-refractivity contribution in [3.8, 4) is 5.75 Å². The summed E-state index contributed by atoms with van der Waals surface area (Å²) >= 11 is 0. The van der Waals surface area contributed by atoms with Crippen molar-refractivity contribution in [2.45, 2.75) is 43.2 Å². The number of rotatable bonds is 7. The molecule has 1 saturated heterocycles. The van der Waals surface area contributed by atoms with E-state index in [2.05, 4.69) is 4.72 Å². The monoisotopic (exact) mass is 354 g/mol. The van der Waals surface area contributed by atoms with Crippen molar-refractivity contribution in [2.24, 2.45) is 0 Å². The predicted octanol–water partition coefficient (Wildman–Crippen LogP) is 0.942. The van der Waals surface area contributed by atoms with Gasteiger partial charge in [-0.05, 0) is 43.5 Å². The van der Waals surface area contributed by atoms with Gasteiger partial charge in [0.05, 0.1) is 18.0 Å². The molecule has 8 heteroatoms. The minimum absolute atomic E-state index is 0.0582. The average molecular weight is 354 g/mol. The van der Waals surface area contributed by atoms with E-state index >= 15 is 0 Å². The lowest BCUT2D eigenvalue weighted by Crippen LogP contribution is -2.50. The number of likely N-dealkylation sites (tertiary alicyclic amines) is 1. The van der Waals surface area contributed by atoms with Gasteiger partial charge in [0.15, 0.2) is 0 Å². The zero-order valence-corrected chi connectivity index (χ0v) is 14.6. The first kappa shape index (κ1) is 18.4. The second-order valence-electron chi connectivity index (χ2n) is 5.63. The van der Waals surface area contributed by atoms with Crippen LogP contribution in [0.5, 0.6) is 5.75 Å². The predicted molar refractivity (Wildman–Crippen MR) is 88.2 cm³/mol.